The summed E-state index contributed by atoms with van der Waals surface area (Å²) in [5.74, 6) is 2.98. The molecule has 1 fully saturated rings. The Morgan fingerprint density at radius 1 is 1.09 bits per heavy atom. The van der Waals surface area contributed by atoms with E-state index in [0.29, 0.717) is 30.9 Å². The summed E-state index contributed by atoms with van der Waals surface area (Å²) in [6.45, 7) is 3.82. The first-order chi connectivity index (χ1) is 15.6. The van der Waals surface area contributed by atoms with E-state index in [1.807, 2.05) is 55.5 Å². The van der Waals surface area contributed by atoms with Crippen LogP contribution in [0.1, 0.15) is 29.8 Å². The van der Waals surface area contributed by atoms with E-state index in [-0.39, 0.29) is 5.91 Å². The number of hydrogen-bond donors (Lipinski definition) is 1. The minimum atomic E-state index is -0.556. The van der Waals surface area contributed by atoms with Gasteiger partial charge in [-0.15, -0.1) is 0 Å². The van der Waals surface area contributed by atoms with E-state index in [4.69, 9.17) is 9.47 Å². The van der Waals surface area contributed by atoms with Crippen LogP contribution in [0, 0.1) is 6.92 Å². The fourth-order valence-corrected chi connectivity index (χ4v) is 4.66. The SMILES string of the molecule is COc1cc2c(cc1OCc1ccccc1)NC(=O)C21CCN(c2ccnc(C)n2)CC1. The quantitative estimate of drug-likeness (QED) is 0.662. The Labute approximate surface area is 187 Å². The second-order valence-corrected chi connectivity index (χ2v) is 8.31. The highest BCUT2D eigenvalue weighted by Gasteiger charge is 2.49. The molecule has 2 aliphatic rings. The summed E-state index contributed by atoms with van der Waals surface area (Å²) < 4.78 is 11.7. The number of amides is 1. The molecule has 1 spiro atoms. The third-order valence-corrected chi connectivity index (χ3v) is 6.44. The highest BCUT2D eigenvalue weighted by molar-refractivity contribution is 6.07. The first-order valence-electron chi connectivity index (χ1n) is 10.8. The lowest BCUT2D eigenvalue weighted by molar-refractivity contribution is -0.121. The van der Waals surface area contributed by atoms with Gasteiger partial charge in [-0.3, -0.25) is 4.79 Å². The van der Waals surface area contributed by atoms with Crippen molar-refractivity contribution < 1.29 is 14.3 Å². The van der Waals surface area contributed by atoms with Crippen LogP contribution in [0.3, 0.4) is 0 Å². The molecule has 7 heteroatoms. The molecule has 1 aromatic heterocycles. The number of rotatable bonds is 5. The maximum absolute atomic E-state index is 13.2. The lowest BCUT2D eigenvalue weighted by atomic mass is 9.73. The van der Waals surface area contributed by atoms with E-state index in [9.17, 15) is 4.79 Å². The first kappa shape index (κ1) is 20.3. The zero-order valence-corrected chi connectivity index (χ0v) is 18.3. The van der Waals surface area contributed by atoms with Crippen LogP contribution in [-0.4, -0.2) is 36.1 Å². The molecule has 1 saturated heterocycles. The molecular weight excluding hydrogens is 404 g/mol. The van der Waals surface area contributed by atoms with Crippen LogP contribution in [0.25, 0.3) is 0 Å². The summed E-state index contributed by atoms with van der Waals surface area (Å²) in [4.78, 5) is 24.1. The van der Waals surface area contributed by atoms with Crippen LogP contribution < -0.4 is 19.7 Å². The number of aryl methyl sites for hydroxylation is 1. The summed E-state index contributed by atoms with van der Waals surface area (Å²) in [5, 5.41) is 3.09. The van der Waals surface area contributed by atoms with Crippen molar-refractivity contribution in [1.82, 2.24) is 9.97 Å². The lowest BCUT2D eigenvalue weighted by Crippen LogP contribution is -2.46. The topological polar surface area (TPSA) is 76.6 Å². The highest BCUT2D eigenvalue weighted by Crippen LogP contribution is 2.49. The molecular formula is C25H26N4O3. The molecule has 164 valence electrons. The predicted molar refractivity (Wildman–Crippen MR) is 122 cm³/mol. The van der Waals surface area contributed by atoms with Crippen molar-refractivity contribution in [2.45, 2.75) is 31.8 Å². The Kier molecular flexibility index (Phi) is 5.17. The van der Waals surface area contributed by atoms with E-state index in [0.717, 1.165) is 41.5 Å². The summed E-state index contributed by atoms with van der Waals surface area (Å²) in [5.41, 5.74) is 2.32. The zero-order chi connectivity index (χ0) is 22.1. The van der Waals surface area contributed by atoms with Gasteiger partial charge in [0, 0.05) is 31.0 Å². The monoisotopic (exact) mass is 430 g/mol. The fourth-order valence-electron chi connectivity index (χ4n) is 4.66. The number of aromatic nitrogens is 2. The molecule has 0 unspecified atom stereocenters. The van der Waals surface area contributed by atoms with Crippen LogP contribution in [0.2, 0.25) is 0 Å². The number of nitrogens with zero attached hydrogens (tertiary/aromatic N) is 3. The van der Waals surface area contributed by atoms with Crippen LogP contribution in [-0.2, 0) is 16.8 Å². The Morgan fingerprint density at radius 3 is 2.59 bits per heavy atom. The molecule has 1 N–H and O–H groups in total. The number of ether oxygens (including phenoxy) is 2. The van der Waals surface area contributed by atoms with Crippen LogP contribution in [0.4, 0.5) is 11.5 Å². The molecule has 2 aliphatic heterocycles. The number of benzene rings is 2. The summed E-state index contributed by atoms with van der Waals surface area (Å²) >= 11 is 0. The van der Waals surface area contributed by atoms with Gasteiger partial charge in [0.05, 0.1) is 12.5 Å². The minimum Gasteiger partial charge on any atom is -0.493 e. The number of fused-ring (bicyclic) bond motifs is 2. The third kappa shape index (κ3) is 3.53. The first-order valence-corrected chi connectivity index (χ1v) is 10.8. The predicted octanol–water partition coefficient (Wildman–Crippen LogP) is 3.86. The number of anilines is 2. The highest BCUT2D eigenvalue weighted by atomic mass is 16.5. The van der Waals surface area contributed by atoms with Gasteiger partial charge in [0.2, 0.25) is 5.91 Å². The van der Waals surface area contributed by atoms with Crippen molar-refractivity contribution in [1.29, 1.82) is 0 Å². The standard InChI is InChI=1S/C25H26N4O3/c1-17-26-11-8-23(27-17)29-12-9-25(10-13-29)19-14-21(31-2)22(15-20(19)28-24(25)30)32-16-18-6-4-3-5-7-18/h3-8,11,14-15H,9-10,12-13,16H2,1-2H3,(H,28,30). The molecule has 32 heavy (non-hydrogen) atoms. The lowest BCUT2D eigenvalue weighted by Gasteiger charge is -2.38. The summed E-state index contributed by atoms with van der Waals surface area (Å²) in [7, 11) is 1.63. The molecule has 7 nitrogen and oxygen atoms in total. The van der Waals surface area contributed by atoms with Gasteiger partial charge in [0.25, 0.3) is 0 Å². The molecule has 0 saturated carbocycles. The van der Waals surface area contributed by atoms with Crippen LogP contribution >= 0.6 is 0 Å². The second-order valence-electron chi connectivity index (χ2n) is 8.31. The Morgan fingerprint density at radius 2 is 1.88 bits per heavy atom. The zero-order valence-electron chi connectivity index (χ0n) is 18.3. The fraction of sp³-hybridized carbons (Fsp3) is 0.320. The number of nitrogens with one attached hydrogen (secondary N) is 1. The molecule has 2 aromatic carbocycles. The average molecular weight is 431 g/mol. The van der Waals surface area contributed by atoms with Crippen molar-refractivity contribution >= 4 is 17.4 Å². The molecule has 3 heterocycles. The second kappa shape index (κ2) is 8.15. The van der Waals surface area contributed by atoms with E-state index >= 15 is 0 Å². The molecule has 0 aliphatic carbocycles. The van der Waals surface area contributed by atoms with E-state index < -0.39 is 5.41 Å². The third-order valence-electron chi connectivity index (χ3n) is 6.44. The van der Waals surface area contributed by atoms with Crippen molar-refractivity contribution in [3.63, 3.8) is 0 Å². The Bertz CT molecular complexity index is 1140. The molecule has 0 radical (unpaired) electrons. The summed E-state index contributed by atoms with van der Waals surface area (Å²) in [6, 6.07) is 15.8. The number of carbonyl (C=O) groups excluding carboxylic acids is 1. The maximum atomic E-state index is 13.2. The normalized spacial score (nSPS) is 16.6. The maximum Gasteiger partial charge on any atom is 0.235 e. The Hall–Kier alpha value is -3.61. The van der Waals surface area contributed by atoms with Gasteiger partial charge >= 0.3 is 0 Å². The van der Waals surface area contributed by atoms with Gasteiger partial charge in [0.15, 0.2) is 11.5 Å². The van der Waals surface area contributed by atoms with Crippen molar-refractivity contribution in [2.75, 3.05) is 30.4 Å². The van der Waals surface area contributed by atoms with Crippen molar-refractivity contribution in [2.24, 2.45) is 0 Å². The largest absolute Gasteiger partial charge is 0.493 e. The van der Waals surface area contributed by atoms with Gasteiger partial charge in [-0.05, 0) is 43.0 Å². The van der Waals surface area contributed by atoms with Crippen molar-refractivity contribution in [3.8, 4) is 11.5 Å². The van der Waals surface area contributed by atoms with Gasteiger partial charge < -0.3 is 19.7 Å². The van der Waals surface area contributed by atoms with E-state index in [2.05, 4.69) is 20.2 Å². The van der Waals surface area contributed by atoms with Gasteiger partial charge in [-0.2, -0.15) is 0 Å². The molecule has 1 amide bonds. The summed E-state index contributed by atoms with van der Waals surface area (Å²) in [6.07, 6.45) is 3.20. The van der Waals surface area contributed by atoms with E-state index in [1.54, 1.807) is 13.3 Å². The molecule has 3 aromatic rings. The van der Waals surface area contributed by atoms with Gasteiger partial charge in [-0.25, -0.2) is 9.97 Å². The number of piperidine rings is 1. The van der Waals surface area contributed by atoms with Crippen LogP contribution in [0.15, 0.2) is 54.7 Å². The molecule has 5 rings (SSSR count). The molecule has 0 bridgehead atoms. The van der Waals surface area contributed by atoms with Crippen LogP contribution in [0.5, 0.6) is 11.5 Å². The smallest absolute Gasteiger partial charge is 0.235 e. The van der Waals surface area contributed by atoms with Gasteiger partial charge in [0.1, 0.15) is 18.2 Å². The number of carbonyl (C=O) groups is 1. The Balaban J connectivity index is 1.39. The molecule has 0 atom stereocenters. The van der Waals surface area contributed by atoms with E-state index in [1.165, 1.54) is 0 Å². The number of hydrogen-bond acceptors (Lipinski definition) is 6. The minimum absolute atomic E-state index is 0.0493. The van der Waals surface area contributed by atoms with Gasteiger partial charge in [-0.1, -0.05) is 30.3 Å². The average Bonchev–Trinajstić information content (AvgIpc) is 3.08. The van der Waals surface area contributed by atoms with Crippen molar-refractivity contribution in [3.05, 3.63) is 71.7 Å². The number of methoxy groups -OCH3 is 1.